The van der Waals surface area contributed by atoms with Crippen LogP contribution in [0.3, 0.4) is 0 Å². The van der Waals surface area contributed by atoms with Crippen molar-refractivity contribution in [3.05, 3.63) is 51.2 Å². The maximum Gasteiger partial charge on any atom is 0.339 e. The number of benzene rings is 1. The van der Waals surface area contributed by atoms with Crippen LogP contribution in [0.5, 0.6) is 0 Å². The third kappa shape index (κ3) is 2.84. The van der Waals surface area contributed by atoms with Crippen molar-refractivity contribution in [3.8, 4) is 11.1 Å². The van der Waals surface area contributed by atoms with Gasteiger partial charge in [-0.05, 0) is 18.2 Å². The molecule has 0 aliphatic rings. The number of esters is 1. The van der Waals surface area contributed by atoms with Crippen molar-refractivity contribution in [2.75, 3.05) is 7.11 Å². The Morgan fingerprint density at radius 2 is 1.84 bits per heavy atom. The van der Waals surface area contributed by atoms with Crippen LogP contribution >= 0.6 is 34.8 Å². The van der Waals surface area contributed by atoms with E-state index in [-0.39, 0.29) is 10.7 Å². The smallest absolute Gasteiger partial charge is 0.339 e. The molecule has 0 bridgehead atoms. The molecular weight excluding hydrogens is 309 g/mol. The van der Waals surface area contributed by atoms with Crippen molar-refractivity contribution >= 4 is 40.8 Å². The predicted octanol–water partition coefficient (Wildman–Crippen LogP) is 4.50. The Labute approximate surface area is 125 Å². The number of aromatic nitrogens is 1. The van der Waals surface area contributed by atoms with E-state index in [1.807, 2.05) is 0 Å². The quantitative estimate of drug-likeness (QED) is 0.605. The van der Waals surface area contributed by atoms with Gasteiger partial charge in [-0.1, -0.05) is 40.9 Å². The number of methoxy groups -OCH3 is 1. The summed E-state index contributed by atoms with van der Waals surface area (Å²) in [5.74, 6) is -0.506. The summed E-state index contributed by atoms with van der Waals surface area (Å²) in [5.41, 5.74) is 1.30. The van der Waals surface area contributed by atoms with Gasteiger partial charge in [-0.15, -0.1) is 0 Å². The van der Waals surface area contributed by atoms with E-state index in [1.54, 1.807) is 24.3 Å². The van der Waals surface area contributed by atoms with Crippen LogP contribution in [0.2, 0.25) is 15.2 Å². The Bertz CT molecular complexity index is 624. The number of pyridine rings is 1. The van der Waals surface area contributed by atoms with E-state index in [0.29, 0.717) is 21.2 Å². The van der Waals surface area contributed by atoms with Crippen molar-refractivity contribution < 1.29 is 9.53 Å². The van der Waals surface area contributed by atoms with Gasteiger partial charge < -0.3 is 4.74 Å². The zero-order valence-electron chi connectivity index (χ0n) is 9.78. The topological polar surface area (TPSA) is 39.2 Å². The molecule has 0 saturated heterocycles. The lowest BCUT2D eigenvalue weighted by atomic mass is 10.1. The highest BCUT2D eigenvalue weighted by atomic mass is 35.5. The van der Waals surface area contributed by atoms with Crippen LogP contribution in [0, 0.1) is 0 Å². The number of halogens is 3. The average Bonchev–Trinajstić information content (AvgIpc) is 2.39. The molecule has 1 aromatic carbocycles. The standard InChI is InChI=1S/C13H8Cl3NO2/c1-19-13(18)7-5-8(12(16)17-6-7)11-9(14)3-2-4-10(11)15/h2-6H,1H3. The van der Waals surface area contributed by atoms with E-state index >= 15 is 0 Å². The largest absolute Gasteiger partial charge is 0.465 e. The average molecular weight is 317 g/mol. The SMILES string of the molecule is COC(=O)c1cnc(Cl)c(-c2c(Cl)cccc2Cl)c1. The van der Waals surface area contributed by atoms with Gasteiger partial charge in [0, 0.05) is 17.3 Å². The maximum atomic E-state index is 11.5. The highest BCUT2D eigenvalue weighted by Crippen LogP contribution is 2.37. The summed E-state index contributed by atoms with van der Waals surface area (Å²) in [5, 5.41) is 1.07. The van der Waals surface area contributed by atoms with Crippen LogP contribution < -0.4 is 0 Å². The van der Waals surface area contributed by atoms with Gasteiger partial charge in [0.1, 0.15) is 5.15 Å². The summed E-state index contributed by atoms with van der Waals surface area (Å²) in [7, 11) is 1.29. The first-order chi connectivity index (χ1) is 9.04. The van der Waals surface area contributed by atoms with Crippen LogP contribution in [-0.4, -0.2) is 18.1 Å². The van der Waals surface area contributed by atoms with Gasteiger partial charge in [-0.25, -0.2) is 9.78 Å². The fourth-order valence-electron chi connectivity index (χ4n) is 1.61. The molecule has 0 fully saturated rings. The predicted molar refractivity (Wildman–Crippen MR) is 76.0 cm³/mol. The molecular formula is C13H8Cl3NO2. The maximum absolute atomic E-state index is 11.5. The number of rotatable bonds is 2. The molecule has 0 aliphatic carbocycles. The zero-order valence-corrected chi connectivity index (χ0v) is 12.1. The molecule has 2 aromatic rings. The molecule has 19 heavy (non-hydrogen) atoms. The second-order valence-corrected chi connectivity index (χ2v) is 4.82. The molecule has 6 heteroatoms. The van der Waals surface area contributed by atoms with E-state index in [4.69, 9.17) is 34.8 Å². The number of nitrogens with zero attached hydrogens (tertiary/aromatic N) is 1. The van der Waals surface area contributed by atoms with Gasteiger partial charge in [0.05, 0.1) is 22.7 Å². The van der Waals surface area contributed by atoms with Gasteiger partial charge in [0.15, 0.2) is 0 Å². The molecule has 1 heterocycles. The summed E-state index contributed by atoms with van der Waals surface area (Å²) in [6.07, 6.45) is 1.34. The van der Waals surface area contributed by atoms with Crippen LogP contribution in [0.25, 0.3) is 11.1 Å². The number of hydrogen-bond acceptors (Lipinski definition) is 3. The number of carbonyl (C=O) groups is 1. The van der Waals surface area contributed by atoms with E-state index in [2.05, 4.69) is 9.72 Å². The lowest BCUT2D eigenvalue weighted by Crippen LogP contribution is -2.02. The minimum absolute atomic E-state index is 0.211. The molecule has 0 N–H and O–H groups in total. The van der Waals surface area contributed by atoms with Crippen LogP contribution in [0.1, 0.15) is 10.4 Å². The van der Waals surface area contributed by atoms with Crippen LogP contribution in [0.4, 0.5) is 0 Å². The molecule has 98 valence electrons. The van der Waals surface area contributed by atoms with Crippen LogP contribution in [0.15, 0.2) is 30.5 Å². The highest BCUT2D eigenvalue weighted by Gasteiger charge is 2.16. The molecule has 0 atom stereocenters. The minimum atomic E-state index is -0.506. The lowest BCUT2D eigenvalue weighted by molar-refractivity contribution is 0.0600. The van der Waals surface area contributed by atoms with Crippen LogP contribution in [-0.2, 0) is 4.74 Å². The Balaban J connectivity index is 2.65. The Morgan fingerprint density at radius 1 is 1.21 bits per heavy atom. The first-order valence-electron chi connectivity index (χ1n) is 5.23. The van der Waals surface area contributed by atoms with Gasteiger partial charge in [0.25, 0.3) is 0 Å². The van der Waals surface area contributed by atoms with E-state index in [0.717, 1.165) is 0 Å². The lowest BCUT2D eigenvalue weighted by Gasteiger charge is -2.09. The van der Waals surface area contributed by atoms with Gasteiger partial charge in [-0.2, -0.15) is 0 Å². The molecule has 0 saturated carbocycles. The molecule has 3 nitrogen and oxygen atoms in total. The number of hydrogen-bond donors (Lipinski definition) is 0. The van der Waals surface area contributed by atoms with Gasteiger partial charge in [-0.3, -0.25) is 0 Å². The van der Waals surface area contributed by atoms with E-state index < -0.39 is 5.97 Å². The first kappa shape index (κ1) is 14.1. The third-order valence-corrected chi connectivity index (χ3v) is 3.42. The molecule has 0 unspecified atom stereocenters. The Kier molecular flexibility index (Phi) is 4.30. The monoisotopic (exact) mass is 315 g/mol. The zero-order chi connectivity index (χ0) is 14.0. The molecule has 0 radical (unpaired) electrons. The summed E-state index contributed by atoms with van der Waals surface area (Å²) >= 11 is 18.3. The van der Waals surface area contributed by atoms with Crippen molar-refractivity contribution in [1.82, 2.24) is 4.98 Å². The molecule has 0 amide bonds. The highest BCUT2D eigenvalue weighted by molar-refractivity contribution is 6.40. The number of ether oxygens (including phenoxy) is 1. The van der Waals surface area contributed by atoms with Crippen molar-refractivity contribution in [3.63, 3.8) is 0 Å². The molecule has 0 spiro atoms. The van der Waals surface area contributed by atoms with Gasteiger partial charge in [0.2, 0.25) is 0 Å². The third-order valence-electron chi connectivity index (χ3n) is 2.49. The minimum Gasteiger partial charge on any atom is -0.465 e. The van der Waals surface area contributed by atoms with Crippen molar-refractivity contribution in [2.45, 2.75) is 0 Å². The normalized spacial score (nSPS) is 10.3. The summed E-state index contributed by atoms with van der Waals surface area (Å²) in [6.45, 7) is 0. The van der Waals surface area contributed by atoms with Crippen molar-refractivity contribution in [2.24, 2.45) is 0 Å². The fourth-order valence-corrected chi connectivity index (χ4v) is 2.41. The molecule has 2 rings (SSSR count). The molecule has 1 aromatic heterocycles. The summed E-state index contributed by atoms with van der Waals surface area (Å²) < 4.78 is 4.64. The fraction of sp³-hybridized carbons (Fsp3) is 0.0769. The Morgan fingerprint density at radius 3 is 2.42 bits per heavy atom. The number of carbonyl (C=O) groups excluding carboxylic acids is 1. The second-order valence-electron chi connectivity index (χ2n) is 3.65. The van der Waals surface area contributed by atoms with E-state index in [1.165, 1.54) is 13.3 Å². The van der Waals surface area contributed by atoms with E-state index in [9.17, 15) is 4.79 Å². The Hall–Kier alpha value is -1.29. The second kappa shape index (κ2) is 5.78. The summed E-state index contributed by atoms with van der Waals surface area (Å²) in [4.78, 5) is 15.5. The first-order valence-corrected chi connectivity index (χ1v) is 6.36. The van der Waals surface area contributed by atoms with Gasteiger partial charge >= 0.3 is 5.97 Å². The van der Waals surface area contributed by atoms with Crippen molar-refractivity contribution in [1.29, 1.82) is 0 Å². The summed E-state index contributed by atoms with van der Waals surface area (Å²) in [6, 6.07) is 6.64. The molecule has 0 aliphatic heterocycles.